The summed E-state index contributed by atoms with van der Waals surface area (Å²) >= 11 is 3.42. The average Bonchev–Trinajstić information content (AvgIpc) is 2.47. The van der Waals surface area contributed by atoms with Gasteiger partial charge in [-0.15, -0.1) is 0 Å². The van der Waals surface area contributed by atoms with Crippen molar-refractivity contribution in [2.24, 2.45) is 0 Å². The molecule has 0 atom stereocenters. The summed E-state index contributed by atoms with van der Waals surface area (Å²) in [6, 6.07) is 13.0. The van der Waals surface area contributed by atoms with Gasteiger partial charge in [-0.25, -0.2) is 0 Å². The smallest absolute Gasteiger partial charge is 0.311 e. The number of hydrogen-bond donors (Lipinski definition) is 1. The zero-order chi connectivity index (χ0) is 15.2. The highest BCUT2D eigenvalue weighted by atomic mass is 79.9. The number of nitro groups is 1. The van der Waals surface area contributed by atoms with E-state index in [0.29, 0.717) is 13.1 Å². The lowest BCUT2D eigenvalue weighted by atomic mass is 10.1. The molecular formula is C15H15BrN2O3. The molecule has 0 saturated carbocycles. The maximum atomic E-state index is 11.0. The number of nitro benzene ring substituents is 1. The van der Waals surface area contributed by atoms with Crippen molar-refractivity contribution in [1.29, 1.82) is 0 Å². The van der Waals surface area contributed by atoms with Crippen LogP contribution >= 0.6 is 15.9 Å². The van der Waals surface area contributed by atoms with Crippen LogP contribution in [-0.4, -0.2) is 12.0 Å². The molecule has 5 nitrogen and oxygen atoms in total. The first-order valence-electron chi connectivity index (χ1n) is 6.36. The van der Waals surface area contributed by atoms with E-state index in [2.05, 4.69) is 21.2 Å². The molecule has 0 aliphatic carbocycles. The van der Waals surface area contributed by atoms with Crippen molar-refractivity contribution in [3.63, 3.8) is 0 Å². The highest BCUT2D eigenvalue weighted by Gasteiger charge is 2.14. The van der Waals surface area contributed by atoms with Crippen molar-refractivity contribution in [3.05, 3.63) is 68.2 Å². The molecule has 1 N–H and O–H groups in total. The van der Waals surface area contributed by atoms with E-state index in [1.54, 1.807) is 6.07 Å². The first-order valence-corrected chi connectivity index (χ1v) is 7.16. The van der Waals surface area contributed by atoms with Gasteiger partial charge in [0.1, 0.15) is 0 Å². The summed E-state index contributed by atoms with van der Waals surface area (Å²) < 4.78 is 6.01. The van der Waals surface area contributed by atoms with E-state index >= 15 is 0 Å². The first-order chi connectivity index (χ1) is 10.1. The van der Waals surface area contributed by atoms with Crippen LogP contribution in [0, 0.1) is 10.1 Å². The third kappa shape index (κ3) is 4.27. The second-order valence-electron chi connectivity index (χ2n) is 4.50. The Morgan fingerprint density at radius 1 is 1.19 bits per heavy atom. The molecule has 21 heavy (non-hydrogen) atoms. The number of ether oxygens (including phenoxy) is 1. The van der Waals surface area contributed by atoms with Crippen molar-refractivity contribution in [1.82, 2.24) is 5.32 Å². The second kappa shape index (κ2) is 7.19. The van der Waals surface area contributed by atoms with Crippen LogP contribution in [0.15, 0.2) is 46.9 Å². The van der Waals surface area contributed by atoms with Gasteiger partial charge in [-0.3, -0.25) is 10.1 Å². The van der Waals surface area contributed by atoms with E-state index in [9.17, 15) is 10.1 Å². The molecule has 0 amide bonds. The van der Waals surface area contributed by atoms with Crippen molar-refractivity contribution in [2.45, 2.75) is 13.1 Å². The van der Waals surface area contributed by atoms with Gasteiger partial charge < -0.3 is 10.1 Å². The summed E-state index contributed by atoms with van der Waals surface area (Å²) in [4.78, 5) is 10.5. The largest absolute Gasteiger partial charge is 0.490 e. The maximum Gasteiger partial charge on any atom is 0.311 e. The Labute approximate surface area is 131 Å². The normalized spacial score (nSPS) is 10.4. The molecule has 0 aromatic heterocycles. The van der Waals surface area contributed by atoms with Crippen LogP contribution in [0.5, 0.6) is 5.75 Å². The second-order valence-corrected chi connectivity index (χ2v) is 5.41. The van der Waals surface area contributed by atoms with E-state index in [4.69, 9.17) is 4.74 Å². The topological polar surface area (TPSA) is 64.4 Å². The molecule has 0 aliphatic heterocycles. The predicted molar refractivity (Wildman–Crippen MR) is 84.3 cm³/mol. The molecule has 110 valence electrons. The van der Waals surface area contributed by atoms with Crippen LogP contribution in [0.3, 0.4) is 0 Å². The summed E-state index contributed by atoms with van der Waals surface area (Å²) in [5.41, 5.74) is 1.98. The standard InChI is InChI=1S/C15H15BrN2O3/c1-21-15-6-5-12(8-14(15)18(19)20)10-17-9-11-3-2-4-13(16)7-11/h2-8,17H,9-10H2,1H3. The van der Waals surface area contributed by atoms with Gasteiger partial charge in [0, 0.05) is 23.6 Å². The number of hydrogen-bond acceptors (Lipinski definition) is 4. The SMILES string of the molecule is COc1ccc(CNCc2cccc(Br)c2)cc1[N+](=O)[O-]. The van der Waals surface area contributed by atoms with E-state index in [-0.39, 0.29) is 11.4 Å². The molecular weight excluding hydrogens is 336 g/mol. The lowest BCUT2D eigenvalue weighted by Crippen LogP contribution is -2.12. The minimum absolute atomic E-state index is 0.0146. The molecule has 6 heteroatoms. The summed E-state index contributed by atoms with van der Waals surface area (Å²) in [5, 5.41) is 14.2. The molecule has 0 spiro atoms. The Hall–Kier alpha value is -1.92. The third-order valence-electron chi connectivity index (χ3n) is 2.99. The molecule has 0 radical (unpaired) electrons. The molecule has 0 unspecified atom stereocenters. The molecule has 2 rings (SSSR count). The average molecular weight is 351 g/mol. The minimum atomic E-state index is -0.434. The Morgan fingerprint density at radius 2 is 1.90 bits per heavy atom. The van der Waals surface area contributed by atoms with E-state index < -0.39 is 4.92 Å². The monoisotopic (exact) mass is 350 g/mol. The van der Waals surface area contributed by atoms with Crippen LogP contribution in [0.4, 0.5) is 5.69 Å². The number of halogens is 1. The van der Waals surface area contributed by atoms with Gasteiger partial charge >= 0.3 is 5.69 Å². The molecule has 0 saturated heterocycles. The number of rotatable bonds is 6. The lowest BCUT2D eigenvalue weighted by molar-refractivity contribution is -0.385. The van der Waals surface area contributed by atoms with E-state index in [1.165, 1.54) is 13.2 Å². The minimum Gasteiger partial charge on any atom is -0.490 e. The summed E-state index contributed by atoms with van der Waals surface area (Å²) in [6.07, 6.45) is 0. The zero-order valence-electron chi connectivity index (χ0n) is 11.5. The van der Waals surface area contributed by atoms with Gasteiger partial charge in [0.15, 0.2) is 5.75 Å². The molecule has 0 bridgehead atoms. The Kier molecular flexibility index (Phi) is 5.30. The van der Waals surface area contributed by atoms with Crippen LogP contribution in [-0.2, 0) is 13.1 Å². The van der Waals surface area contributed by atoms with Gasteiger partial charge in [0.25, 0.3) is 0 Å². The highest BCUT2D eigenvalue weighted by molar-refractivity contribution is 9.10. The summed E-state index contributed by atoms with van der Waals surface area (Å²) in [5.74, 6) is 0.274. The Morgan fingerprint density at radius 3 is 2.52 bits per heavy atom. The Balaban J connectivity index is 2.00. The van der Waals surface area contributed by atoms with Gasteiger partial charge in [0.2, 0.25) is 0 Å². The van der Waals surface area contributed by atoms with Crippen LogP contribution in [0.2, 0.25) is 0 Å². The van der Waals surface area contributed by atoms with Gasteiger partial charge in [-0.1, -0.05) is 34.1 Å². The van der Waals surface area contributed by atoms with Crippen molar-refractivity contribution >= 4 is 21.6 Å². The fourth-order valence-electron chi connectivity index (χ4n) is 1.99. The van der Waals surface area contributed by atoms with Crippen molar-refractivity contribution < 1.29 is 9.66 Å². The fourth-order valence-corrected chi connectivity index (χ4v) is 2.43. The van der Waals surface area contributed by atoms with E-state index in [0.717, 1.165) is 15.6 Å². The van der Waals surface area contributed by atoms with Crippen LogP contribution in [0.1, 0.15) is 11.1 Å². The lowest BCUT2D eigenvalue weighted by Gasteiger charge is -2.07. The summed E-state index contributed by atoms with van der Waals surface area (Å²) in [7, 11) is 1.42. The number of benzene rings is 2. The van der Waals surface area contributed by atoms with E-state index in [1.807, 2.05) is 30.3 Å². The zero-order valence-corrected chi connectivity index (χ0v) is 13.1. The highest BCUT2D eigenvalue weighted by Crippen LogP contribution is 2.27. The molecule has 0 fully saturated rings. The summed E-state index contributed by atoms with van der Waals surface area (Å²) in [6.45, 7) is 1.25. The predicted octanol–water partition coefficient (Wildman–Crippen LogP) is 3.66. The van der Waals surface area contributed by atoms with Gasteiger partial charge in [0.05, 0.1) is 12.0 Å². The third-order valence-corrected chi connectivity index (χ3v) is 3.48. The molecule has 2 aromatic rings. The molecule has 2 aromatic carbocycles. The molecule has 0 heterocycles. The fraction of sp³-hybridized carbons (Fsp3) is 0.200. The van der Waals surface area contributed by atoms with Crippen LogP contribution < -0.4 is 10.1 Å². The van der Waals surface area contributed by atoms with Gasteiger partial charge in [-0.2, -0.15) is 0 Å². The maximum absolute atomic E-state index is 11.0. The first kappa shape index (κ1) is 15.5. The Bertz CT molecular complexity index is 647. The number of nitrogens with one attached hydrogen (secondary N) is 1. The van der Waals surface area contributed by atoms with Crippen LogP contribution in [0.25, 0.3) is 0 Å². The van der Waals surface area contributed by atoms with Crippen molar-refractivity contribution in [2.75, 3.05) is 7.11 Å². The van der Waals surface area contributed by atoms with Crippen molar-refractivity contribution in [3.8, 4) is 5.75 Å². The number of methoxy groups -OCH3 is 1. The number of nitrogens with zero attached hydrogens (tertiary/aromatic N) is 1. The quantitative estimate of drug-likeness (QED) is 0.637. The van der Waals surface area contributed by atoms with Gasteiger partial charge in [-0.05, 0) is 29.3 Å². The molecule has 0 aliphatic rings.